The first-order valence-electron chi connectivity index (χ1n) is 8.78. The average molecular weight is 356 g/mol. The van der Waals surface area contributed by atoms with Crippen molar-refractivity contribution >= 4 is 11.8 Å². The zero-order valence-electron chi connectivity index (χ0n) is 15.5. The Kier molecular flexibility index (Phi) is 6.89. The van der Waals surface area contributed by atoms with E-state index in [1.54, 1.807) is 24.0 Å². The molecule has 0 aliphatic rings. The third kappa shape index (κ3) is 5.15. The number of rotatable bonds is 7. The second kappa shape index (κ2) is 9.13. The minimum Gasteiger partial charge on any atom is -0.355 e. The van der Waals surface area contributed by atoms with Crippen molar-refractivity contribution in [2.24, 2.45) is 0 Å². The number of hydrogen-bond donors (Lipinski definition) is 1. The highest BCUT2D eigenvalue weighted by Gasteiger charge is 2.26. The van der Waals surface area contributed by atoms with E-state index >= 15 is 0 Å². The Morgan fingerprint density at radius 2 is 1.77 bits per heavy atom. The number of likely N-dealkylation sites (N-methyl/N-ethyl adjacent to an activating group) is 1. The zero-order valence-corrected chi connectivity index (χ0v) is 15.5. The molecule has 0 aromatic heterocycles. The summed E-state index contributed by atoms with van der Waals surface area (Å²) in [6.45, 7) is 6.41. The summed E-state index contributed by atoms with van der Waals surface area (Å²) in [5, 5.41) is 2.77. The number of benzene rings is 2. The largest absolute Gasteiger partial charge is 0.355 e. The van der Waals surface area contributed by atoms with Crippen LogP contribution >= 0.6 is 0 Å². The first kappa shape index (κ1) is 19.6. The maximum absolute atomic E-state index is 13.1. The van der Waals surface area contributed by atoms with E-state index in [2.05, 4.69) is 5.32 Å². The molecule has 0 aliphatic heterocycles. The van der Waals surface area contributed by atoms with Crippen molar-refractivity contribution in [3.63, 3.8) is 0 Å². The summed E-state index contributed by atoms with van der Waals surface area (Å²) >= 11 is 0. The lowest BCUT2D eigenvalue weighted by Gasteiger charge is -2.29. The highest BCUT2D eigenvalue weighted by atomic mass is 19.1. The van der Waals surface area contributed by atoms with Gasteiger partial charge in [-0.3, -0.25) is 9.59 Å². The van der Waals surface area contributed by atoms with E-state index < -0.39 is 6.04 Å². The van der Waals surface area contributed by atoms with Crippen LogP contribution in [-0.4, -0.2) is 29.3 Å². The molecule has 2 aromatic carbocycles. The van der Waals surface area contributed by atoms with Crippen LogP contribution in [-0.2, 0) is 22.6 Å². The van der Waals surface area contributed by atoms with Crippen molar-refractivity contribution in [3.8, 4) is 0 Å². The third-order valence-corrected chi connectivity index (χ3v) is 4.39. The maximum Gasteiger partial charge on any atom is 0.242 e. The highest BCUT2D eigenvalue weighted by Crippen LogP contribution is 2.15. The highest BCUT2D eigenvalue weighted by molar-refractivity contribution is 5.88. The smallest absolute Gasteiger partial charge is 0.242 e. The number of aryl methyl sites for hydroxylation is 1. The second-order valence-electron chi connectivity index (χ2n) is 6.32. The predicted molar refractivity (Wildman–Crippen MR) is 100.0 cm³/mol. The molecule has 0 saturated carbocycles. The standard InChI is InChI=1S/C21H25FN2O2/c1-4-23-21(26)16(3)24(14-18-8-6-5-7-15(18)2)20(25)13-17-9-11-19(22)12-10-17/h5-12,16H,4,13-14H2,1-3H3,(H,23,26)/t16-/m1/s1. The minimum atomic E-state index is -0.595. The van der Waals surface area contributed by atoms with Crippen molar-refractivity contribution < 1.29 is 14.0 Å². The SMILES string of the molecule is CCNC(=O)[C@@H](C)N(Cc1ccccc1C)C(=O)Cc1ccc(F)cc1. The molecule has 5 heteroatoms. The van der Waals surface area contributed by atoms with Gasteiger partial charge >= 0.3 is 0 Å². The van der Waals surface area contributed by atoms with Gasteiger partial charge in [0.1, 0.15) is 11.9 Å². The van der Waals surface area contributed by atoms with Gasteiger partial charge in [0.25, 0.3) is 0 Å². The number of carbonyl (C=O) groups excluding carboxylic acids is 2. The van der Waals surface area contributed by atoms with Crippen LogP contribution in [0.2, 0.25) is 0 Å². The van der Waals surface area contributed by atoms with E-state index in [-0.39, 0.29) is 24.1 Å². The first-order valence-corrected chi connectivity index (χ1v) is 8.78. The van der Waals surface area contributed by atoms with Crippen LogP contribution in [0.25, 0.3) is 0 Å². The molecule has 1 N–H and O–H groups in total. The lowest BCUT2D eigenvalue weighted by atomic mass is 10.1. The number of nitrogens with zero attached hydrogens (tertiary/aromatic N) is 1. The van der Waals surface area contributed by atoms with Crippen LogP contribution in [0.4, 0.5) is 4.39 Å². The molecule has 4 nitrogen and oxygen atoms in total. The Morgan fingerprint density at radius 3 is 2.38 bits per heavy atom. The zero-order chi connectivity index (χ0) is 19.1. The molecule has 0 fully saturated rings. The molecule has 138 valence electrons. The lowest BCUT2D eigenvalue weighted by molar-refractivity contribution is -0.140. The summed E-state index contributed by atoms with van der Waals surface area (Å²) in [5.74, 6) is -0.694. The normalized spacial score (nSPS) is 11.7. The molecule has 0 radical (unpaired) electrons. The third-order valence-electron chi connectivity index (χ3n) is 4.39. The minimum absolute atomic E-state index is 0.121. The first-order chi connectivity index (χ1) is 12.4. The van der Waals surface area contributed by atoms with Crippen LogP contribution < -0.4 is 5.32 Å². The van der Waals surface area contributed by atoms with Gasteiger partial charge in [0, 0.05) is 13.1 Å². The molecule has 2 amide bonds. The Bertz CT molecular complexity index is 759. The van der Waals surface area contributed by atoms with Crippen LogP contribution in [0.5, 0.6) is 0 Å². The fraction of sp³-hybridized carbons (Fsp3) is 0.333. The van der Waals surface area contributed by atoms with Gasteiger partial charge in [0.15, 0.2) is 0 Å². The Hall–Kier alpha value is -2.69. The quantitative estimate of drug-likeness (QED) is 0.828. The monoisotopic (exact) mass is 356 g/mol. The summed E-state index contributed by atoms with van der Waals surface area (Å²) in [4.78, 5) is 26.8. The summed E-state index contributed by atoms with van der Waals surface area (Å²) in [6.07, 6.45) is 0.121. The molecule has 0 spiro atoms. The van der Waals surface area contributed by atoms with Crippen molar-refractivity contribution in [2.45, 2.75) is 39.8 Å². The van der Waals surface area contributed by atoms with Crippen LogP contribution in [0, 0.1) is 12.7 Å². The Morgan fingerprint density at radius 1 is 1.12 bits per heavy atom. The maximum atomic E-state index is 13.1. The fourth-order valence-corrected chi connectivity index (χ4v) is 2.75. The molecule has 1 atom stereocenters. The van der Waals surface area contributed by atoms with Gasteiger partial charge in [-0.05, 0) is 49.6 Å². The second-order valence-corrected chi connectivity index (χ2v) is 6.32. The summed E-state index contributed by atoms with van der Waals surface area (Å²) in [5.41, 5.74) is 2.78. The molecule has 26 heavy (non-hydrogen) atoms. The van der Waals surface area contributed by atoms with Crippen LogP contribution in [0.15, 0.2) is 48.5 Å². The molecule has 0 saturated heterocycles. The van der Waals surface area contributed by atoms with Gasteiger partial charge in [-0.15, -0.1) is 0 Å². The van der Waals surface area contributed by atoms with Crippen molar-refractivity contribution in [1.82, 2.24) is 10.2 Å². The van der Waals surface area contributed by atoms with Crippen molar-refractivity contribution in [2.75, 3.05) is 6.54 Å². The molecule has 0 heterocycles. The van der Waals surface area contributed by atoms with Gasteiger partial charge < -0.3 is 10.2 Å². The Labute approximate surface area is 154 Å². The average Bonchev–Trinajstić information content (AvgIpc) is 2.62. The predicted octanol–water partition coefficient (Wildman–Crippen LogP) is 3.23. The van der Waals surface area contributed by atoms with Crippen molar-refractivity contribution in [1.29, 1.82) is 0 Å². The number of carbonyl (C=O) groups is 2. The molecule has 0 unspecified atom stereocenters. The fourth-order valence-electron chi connectivity index (χ4n) is 2.75. The molecule has 0 aliphatic carbocycles. The van der Waals surface area contributed by atoms with Gasteiger partial charge in [-0.1, -0.05) is 36.4 Å². The Balaban J connectivity index is 2.23. The number of nitrogens with one attached hydrogen (secondary N) is 1. The molecular weight excluding hydrogens is 331 g/mol. The molecular formula is C21H25FN2O2. The van der Waals surface area contributed by atoms with Gasteiger partial charge in [0.05, 0.1) is 6.42 Å². The number of hydrogen-bond acceptors (Lipinski definition) is 2. The van der Waals surface area contributed by atoms with E-state index in [0.29, 0.717) is 18.7 Å². The van der Waals surface area contributed by atoms with Crippen LogP contribution in [0.1, 0.15) is 30.5 Å². The van der Waals surface area contributed by atoms with E-state index in [1.807, 2.05) is 38.1 Å². The van der Waals surface area contributed by atoms with E-state index in [4.69, 9.17) is 0 Å². The van der Waals surface area contributed by atoms with Gasteiger partial charge in [-0.25, -0.2) is 4.39 Å². The topological polar surface area (TPSA) is 49.4 Å². The molecule has 2 rings (SSSR count). The van der Waals surface area contributed by atoms with E-state index in [0.717, 1.165) is 11.1 Å². The molecule has 0 bridgehead atoms. The van der Waals surface area contributed by atoms with Gasteiger partial charge in [-0.2, -0.15) is 0 Å². The van der Waals surface area contributed by atoms with E-state index in [9.17, 15) is 14.0 Å². The number of amides is 2. The summed E-state index contributed by atoms with van der Waals surface area (Å²) in [6, 6.07) is 13.1. The van der Waals surface area contributed by atoms with Gasteiger partial charge in [0.2, 0.25) is 11.8 Å². The number of halogens is 1. The summed E-state index contributed by atoms with van der Waals surface area (Å²) < 4.78 is 13.1. The summed E-state index contributed by atoms with van der Waals surface area (Å²) in [7, 11) is 0. The lowest BCUT2D eigenvalue weighted by Crippen LogP contribution is -2.48. The van der Waals surface area contributed by atoms with Crippen LogP contribution in [0.3, 0.4) is 0 Å². The van der Waals surface area contributed by atoms with Crippen molar-refractivity contribution in [3.05, 3.63) is 71.0 Å². The molecule has 2 aromatic rings. The van der Waals surface area contributed by atoms with E-state index in [1.165, 1.54) is 12.1 Å².